The first-order valence-electron chi connectivity index (χ1n) is 6.84. The highest BCUT2D eigenvalue weighted by Crippen LogP contribution is 2.22. The molecular weight excluding hydrogens is 286 g/mol. The number of hydrogen-bond acceptors (Lipinski definition) is 5. The molecule has 0 aliphatic carbocycles. The highest BCUT2D eigenvalue weighted by molar-refractivity contribution is 6.14. The van der Waals surface area contributed by atoms with Crippen LogP contribution in [0.15, 0.2) is 43.0 Å². The highest BCUT2D eigenvalue weighted by Gasteiger charge is 2.50. The standard InChI is InChI=1S/C16H17NO5/c1-3-10-21-15(20)16(2)14(19)17(9-11-22-16)13(18)12-7-5-4-6-8-12/h3-8H,1,9-11H2,2H3. The van der Waals surface area contributed by atoms with Gasteiger partial charge in [-0.05, 0) is 19.1 Å². The molecule has 1 fully saturated rings. The number of carbonyl (C=O) groups is 3. The average molecular weight is 303 g/mol. The smallest absolute Gasteiger partial charge is 0.348 e. The van der Waals surface area contributed by atoms with Crippen molar-refractivity contribution < 1.29 is 23.9 Å². The van der Waals surface area contributed by atoms with Crippen LogP contribution in [0.2, 0.25) is 0 Å². The van der Waals surface area contributed by atoms with E-state index in [0.29, 0.717) is 5.56 Å². The van der Waals surface area contributed by atoms with Gasteiger partial charge in [0.05, 0.1) is 13.2 Å². The molecule has 1 saturated heterocycles. The van der Waals surface area contributed by atoms with Crippen molar-refractivity contribution in [1.82, 2.24) is 4.90 Å². The first kappa shape index (κ1) is 15.9. The van der Waals surface area contributed by atoms with E-state index < -0.39 is 23.4 Å². The van der Waals surface area contributed by atoms with Crippen molar-refractivity contribution in [3.63, 3.8) is 0 Å². The van der Waals surface area contributed by atoms with Crippen molar-refractivity contribution in [2.45, 2.75) is 12.5 Å². The molecule has 1 aromatic rings. The molecule has 0 bridgehead atoms. The van der Waals surface area contributed by atoms with Gasteiger partial charge >= 0.3 is 5.97 Å². The molecular formula is C16H17NO5. The van der Waals surface area contributed by atoms with E-state index in [1.165, 1.54) is 13.0 Å². The molecule has 1 aromatic carbocycles. The fourth-order valence-corrected chi connectivity index (χ4v) is 2.11. The summed E-state index contributed by atoms with van der Waals surface area (Å²) in [5, 5.41) is 0. The van der Waals surface area contributed by atoms with Crippen LogP contribution in [0.5, 0.6) is 0 Å². The highest BCUT2D eigenvalue weighted by atomic mass is 16.6. The summed E-state index contributed by atoms with van der Waals surface area (Å²) >= 11 is 0. The second-order valence-electron chi connectivity index (χ2n) is 4.90. The Kier molecular flexibility index (Phi) is 4.72. The Morgan fingerprint density at radius 2 is 2.09 bits per heavy atom. The van der Waals surface area contributed by atoms with Gasteiger partial charge in [0.2, 0.25) is 5.60 Å². The topological polar surface area (TPSA) is 72.9 Å². The first-order valence-corrected chi connectivity index (χ1v) is 6.84. The quantitative estimate of drug-likeness (QED) is 0.361. The molecule has 0 N–H and O–H groups in total. The molecule has 0 saturated carbocycles. The molecule has 22 heavy (non-hydrogen) atoms. The zero-order valence-electron chi connectivity index (χ0n) is 12.3. The molecule has 1 atom stereocenters. The fraction of sp³-hybridized carbons (Fsp3) is 0.312. The Morgan fingerprint density at radius 1 is 1.41 bits per heavy atom. The number of morpholine rings is 1. The van der Waals surface area contributed by atoms with Gasteiger partial charge in [0.25, 0.3) is 11.8 Å². The number of nitrogens with zero attached hydrogens (tertiary/aromatic N) is 1. The van der Waals surface area contributed by atoms with Crippen molar-refractivity contribution >= 4 is 17.8 Å². The largest absolute Gasteiger partial charge is 0.459 e. The van der Waals surface area contributed by atoms with Crippen LogP contribution in [-0.4, -0.2) is 48.0 Å². The molecule has 1 unspecified atom stereocenters. The van der Waals surface area contributed by atoms with Crippen LogP contribution < -0.4 is 0 Å². The van der Waals surface area contributed by atoms with Gasteiger partial charge in [-0.15, -0.1) is 0 Å². The predicted octanol–water partition coefficient (Wildman–Crippen LogP) is 1.17. The van der Waals surface area contributed by atoms with E-state index in [0.717, 1.165) is 4.90 Å². The van der Waals surface area contributed by atoms with Crippen LogP contribution in [-0.2, 0) is 19.1 Å². The molecule has 1 heterocycles. The maximum Gasteiger partial charge on any atom is 0.348 e. The molecule has 1 aliphatic rings. The fourth-order valence-electron chi connectivity index (χ4n) is 2.11. The van der Waals surface area contributed by atoms with Gasteiger partial charge in [-0.3, -0.25) is 14.5 Å². The zero-order chi connectivity index (χ0) is 16.2. The molecule has 1 aliphatic heterocycles. The minimum absolute atomic E-state index is 0.0301. The van der Waals surface area contributed by atoms with E-state index in [-0.39, 0.29) is 19.8 Å². The molecule has 6 heteroatoms. The second kappa shape index (κ2) is 6.53. The van der Waals surface area contributed by atoms with Crippen LogP contribution in [0.3, 0.4) is 0 Å². The molecule has 0 radical (unpaired) electrons. The van der Waals surface area contributed by atoms with Crippen molar-refractivity contribution in [3.05, 3.63) is 48.6 Å². The number of amides is 2. The van der Waals surface area contributed by atoms with Crippen molar-refractivity contribution in [2.24, 2.45) is 0 Å². The number of esters is 1. The molecule has 2 rings (SSSR count). The van der Waals surface area contributed by atoms with Crippen LogP contribution in [0.1, 0.15) is 17.3 Å². The maximum atomic E-state index is 12.5. The van der Waals surface area contributed by atoms with Gasteiger partial charge in [-0.2, -0.15) is 0 Å². The Balaban J connectivity index is 2.21. The molecule has 116 valence electrons. The van der Waals surface area contributed by atoms with E-state index in [1.807, 2.05) is 0 Å². The number of benzene rings is 1. The third-order valence-corrected chi connectivity index (χ3v) is 3.35. The van der Waals surface area contributed by atoms with Crippen LogP contribution in [0, 0.1) is 0 Å². The lowest BCUT2D eigenvalue weighted by Crippen LogP contribution is -2.61. The summed E-state index contributed by atoms with van der Waals surface area (Å²) in [5.41, 5.74) is -1.44. The monoisotopic (exact) mass is 303 g/mol. The summed E-state index contributed by atoms with van der Waals surface area (Å²) in [7, 11) is 0. The normalized spacial score (nSPS) is 21.3. The van der Waals surface area contributed by atoms with E-state index in [2.05, 4.69) is 6.58 Å². The van der Waals surface area contributed by atoms with Crippen LogP contribution in [0.4, 0.5) is 0 Å². The number of imide groups is 1. The third-order valence-electron chi connectivity index (χ3n) is 3.35. The number of rotatable bonds is 4. The summed E-state index contributed by atoms with van der Waals surface area (Å²) in [5.74, 6) is -2.01. The maximum absolute atomic E-state index is 12.5. The minimum atomic E-state index is -1.81. The van der Waals surface area contributed by atoms with E-state index in [1.54, 1.807) is 30.3 Å². The van der Waals surface area contributed by atoms with Gasteiger partial charge in [0.15, 0.2) is 0 Å². The second-order valence-corrected chi connectivity index (χ2v) is 4.90. The van der Waals surface area contributed by atoms with Gasteiger partial charge < -0.3 is 9.47 Å². The van der Waals surface area contributed by atoms with Crippen molar-refractivity contribution in [3.8, 4) is 0 Å². The SMILES string of the molecule is C=CCOC(=O)C1(C)OCCN(C(=O)c2ccccc2)C1=O. The van der Waals surface area contributed by atoms with Gasteiger partial charge in [-0.1, -0.05) is 30.9 Å². The van der Waals surface area contributed by atoms with Crippen LogP contribution >= 0.6 is 0 Å². The van der Waals surface area contributed by atoms with Crippen molar-refractivity contribution in [1.29, 1.82) is 0 Å². The van der Waals surface area contributed by atoms with E-state index >= 15 is 0 Å². The number of carbonyl (C=O) groups excluding carboxylic acids is 3. The number of hydrogen-bond donors (Lipinski definition) is 0. The Labute approximate surface area is 128 Å². The Morgan fingerprint density at radius 3 is 2.73 bits per heavy atom. The van der Waals surface area contributed by atoms with Crippen molar-refractivity contribution in [2.75, 3.05) is 19.8 Å². The predicted molar refractivity (Wildman–Crippen MR) is 78.0 cm³/mol. The Hall–Kier alpha value is -2.47. The average Bonchev–Trinajstić information content (AvgIpc) is 2.55. The minimum Gasteiger partial charge on any atom is -0.459 e. The summed E-state index contributed by atoms with van der Waals surface area (Å²) in [6.07, 6.45) is 1.39. The lowest BCUT2D eigenvalue weighted by molar-refractivity contribution is -0.186. The lowest BCUT2D eigenvalue weighted by Gasteiger charge is -2.36. The zero-order valence-corrected chi connectivity index (χ0v) is 12.3. The van der Waals surface area contributed by atoms with Crippen LogP contribution in [0.25, 0.3) is 0 Å². The summed E-state index contributed by atoms with van der Waals surface area (Å²) in [4.78, 5) is 38.0. The molecule has 0 aromatic heterocycles. The first-order chi connectivity index (χ1) is 10.5. The molecule has 2 amide bonds. The third kappa shape index (κ3) is 2.92. The van der Waals surface area contributed by atoms with Gasteiger partial charge in [0, 0.05) is 5.56 Å². The summed E-state index contributed by atoms with van der Waals surface area (Å²) in [6, 6.07) is 8.40. The summed E-state index contributed by atoms with van der Waals surface area (Å²) in [6.45, 7) is 4.88. The van der Waals surface area contributed by atoms with E-state index in [9.17, 15) is 14.4 Å². The van der Waals surface area contributed by atoms with Gasteiger partial charge in [0.1, 0.15) is 6.61 Å². The molecule has 6 nitrogen and oxygen atoms in total. The Bertz CT molecular complexity index is 598. The summed E-state index contributed by atoms with van der Waals surface area (Å²) < 4.78 is 10.2. The lowest BCUT2D eigenvalue weighted by atomic mass is 10.0. The number of ether oxygens (including phenoxy) is 2. The van der Waals surface area contributed by atoms with Gasteiger partial charge in [-0.25, -0.2) is 4.79 Å². The van der Waals surface area contributed by atoms with E-state index in [4.69, 9.17) is 9.47 Å². The molecule has 0 spiro atoms.